The Morgan fingerprint density at radius 3 is 3.14 bits per heavy atom. The Morgan fingerprint density at radius 2 is 2.41 bits per heavy atom. The number of likely N-dealkylation sites (tertiary alicyclic amines) is 1. The number of nitrogens with one attached hydrogen (secondary N) is 1. The van der Waals surface area contributed by atoms with E-state index < -0.39 is 0 Å². The molecular formula is C17H26N4O. The fourth-order valence-corrected chi connectivity index (χ4v) is 3.35. The molecule has 1 spiro atoms. The normalized spacial score (nSPS) is 25.2. The molecule has 1 N–H and O–H groups in total. The molecule has 0 bridgehead atoms. The third-order valence-electron chi connectivity index (χ3n) is 4.75. The van der Waals surface area contributed by atoms with Crippen LogP contribution >= 0.6 is 0 Å². The standard InChI is InChI=1S/C17H26N4O/c1-3-18-16(20-11-15-14(2)5-4-8-19-15)21-9-6-17(12-21)7-10-22-13-17/h4-5,8H,3,6-7,9-13H2,1-2H3,(H,18,20). The van der Waals surface area contributed by atoms with Crippen molar-refractivity contribution in [3.05, 3.63) is 29.6 Å². The number of hydrogen-bond acceptors (Lipinski definition) is 3. The Labute approximate surface area is 132 Å². The van der Waals surface area contributed by atoms with E-state index in [1.165, 1.54) is 18.4 Å². The van der Waals surface area contributed by atoms with Crippen molar-refractivity contribution in [3.63, 3.8) is 0 Å². The van der Waals surface area contributed by atoms with Gasteiger partial charge in [-0.3, -0.25) is 4.98 Å². The zero-order valence-electron chi connectivity index (χ0n) is 13.6. The van der Waals surface area contributed by atoms with Crippen LogP contribution in [0.1, 0.15) is 31.0 Å². The van der Waals surface area contributed by atoms with Gasteiger partial charge in [0.05, 0.1) is 18.8 Å². The molecule has 2 aliphatic rings. The molecule has 3 rings (SSSR count). The van der Waals surface area contributed by atoms with Crippen molar-refractivity contribution in [2.75, 3.05) is 32.8 Å². The Kier molecular flexibility index (Phi) is 4.62. The molecule has 120 valence electrons. The lowest BCUT2D eigenvalue weighted by molar-refractivity contribution is 0.156. The fraction of sp³-hybridized carbons (Fsp3) is 0.647. The van der Waals surface area contributed by atoms with Crippen LogP contribution in [0.5, 0.6) is 0 Å². The third-order valence-corrected chi connectivity index (χ3v) is 4.75. The Morgan fingerprint density at radius 1 is 1.50 bits per heavy atom. The highest BCUT2D eigenvalue weighted by atomic mass is 16.5. The van der Waals surface area contributed by atoms with Gasteiger partial charge in [-0.25, -0.2) is 4.99 Å². The molecule has 5 heteroatoms. The van der Waals surface area contributed by atoms with E-state index in [-0.39, 0.29) is 0 Å². The topological polar surface area (TPSA) is 49.8 Å². The highest BCUT2D eigenvalue weighted by molar-refractivity contribution is 5.80. The molecule has 1 atom stereocenters. The van der Waals surface area contributed by atoms with E-state index in [4.69, 9.17) is 9.73 Å². The van der Waals surface area contributed by atoms with E-state index in [0.717, 1.165) is 44.5 Å². The summed E-state index contributed by atoms with van der Waals surface area (Å²) in [5.41, 5.74) is 2.61. The van der Waals surface area contributed by atoms with Crippen LogP contribution in [0.4, 0.5) is 0 Å². The van der Waals surface area contributed by atoms with Crippen LogP contribution in [0.2, 0.25) is 0 Å². The quantitative estimate of drug-likeness (QED) is 0.685. The van der Waals surface area contributed by atoms with Crippen LogP contribution < -0.4 is 5.32 Å². The van der Waals surface area contributed by atoms with Crippen LogP contribution in [-0.2, 0) is 11.3 Å². The van der Waals surface area contributed by atoms with Crippen molar-refractivity contribution in [1.82, 2.24) is 15.2 Å². The number of hydrogen-bond donors (Lipinski definition) is 1. The van der Waals surface area contributed by atoms with Gasteiger partial charge in [-0.15, -0.1) is 0 Å². The number of guanidine groups is 1. The number of aliphatic imine (C=N–C) groups is 1. The molecule has 0 radical (unpaired) electrons. The first kappa shape index (κ1) is 15.3. The number of ether oxygens (including phenoxy) is 1. The minimum atomic E-state index is 0.358. The molecule has 0 amide bonds. The summed E-state index contributed by atoms with van der Waals surface area (Å²) in [6, 6.07) is 4.06. The van der Waals surface area contributed by atoms with Gasteiger partial charge in [0, 0.05) is 37.9 Å². The predicted molar refractivity (Wildman–Crippen MR) is 87.8 cm³/mol. The average Bonchev–Trinajstić information content (AvgIpc) is 3.16. The summed E-state index contributed by atoms with van der Waals surface area (Å²) in [6.45, 7) is 9.67. The van der Waals surface area contributed by atoms with Gasteiger partial charge in [0.1, 0.15) is 0 Å². The van der Waals surface area contributed by atoms with Gasteiger partial charge in [0.2, 0.25) is 0 Å². The van der Waals surface area contributed by atoms with E-state index in [1.807, 2.05) is 12.3 Å². The second-order valence-electron chi connectivity index (χ2n) is 6.41. The predicted octanol–water partition coefficient (Wildman–Crippen LogP) is 1.97. The molecule has 2 saturated heterocycles. The molecular weight excluding hydrogens is 276 g/mol. The maximum atomic E-state index is 5.62. The molecule has 5 nitrogen and oxygen atoms in total. The van der Waals surface area contributed by atoms with Crippen molar-refractivity contribution in [2.24, 2.45) is 10.4 Å². The summed E-state index contributed by atoms with van der Waals surface area (Å²) < 4.78 is 5.62. The van der Waals surface area contributed by atoms with Gasteiger partial charge in [0.25, 0.3) is 0 Å². The fourth-order valence-electron chi connectivity index (χ4n) is 3.35. The van der Waals surface area contributed by atoms with Crippen LogP contribution in [0.3, 0.4) is 0 Å². The summed E-state index contributed by atoms with van der Waals surface area (Å²) in [5, 5.41) is 3.43. The van der Waals surface area contributed by atoms with E-state index in [2.05, 4.69) is 35.1 Å². The molecule has 1 unspecified atom stereocenters. The molecule has 3 heterocycles. The minimum absolute atomic E-state index is 0.358. The monoisotopic (exact) mass is 302 g/mol. The number of aromatic nitrogens is 1. The number of rotatable bonds is 3. The van der Waals surface area contributed by atoms with Gasteiger partial charge in [-0.05, 0) is 38.3 Å². The zero-order valence-corrected chi connectivity index (χ0v) is 13.6. The summed E-state index contributed by atoms with van der Waals surface area (Å²) in [5.74, 6) is 1.01. The van der Waals surface area contributed by atoms with Crippen molar-refractivity contribution in [3.8, 4) is 0 Å². The van der Waals surface area contributed by atoms with E-state index in [1.54, 1.807) is 0 Å². The molecule has 1 aromatic rings. The first-order chi connectivity index (χ1) is 10.7. The maximum Gasteiger partial charge on any atom is 0.194 e. The van der Waals surface area contributed by atoms with Crippen LogP contribution in [-0.4, -0.2) is 48.7 Å². The Balaban J connectivity index is 1.70. The molecule has 0 aromatic carbocycles. The Hall–Kier alpha value is -1.62. The van der Waals surface area contributed by atoms with Gasteiger partial charge in [-0.1, -0.05) is 6.07 Å². The van der Waals surface area contributed by atoms with Crippen molar-refractivity contribution < 1.29 is 4.74 Å². The van der Waals surface area contributed by atoms with E-state index in [9.17, 15) is 0 Å². The lowest BCUT2D eigenvalue weighted by Crippen LogP contribution is -2.41. The highest BCUT2D eigenvalue weighted by Crippen LogP contribution is 2.38. The van der Waals surface area contributed by atoms with Crippen LogP contribution in [0.25, 0.3) is 0 Å². The number of pyridine rings is 1. The van der Waals surface area contributed by atoms with Gasteiger partial charge in [-0.2, -0.15) is 0 Å². The third kappa shape index (κ3) is 3.24. The molecule has 0 saturated carbocycles. The van der Waals surface area contributed by atoms with Gasteiger partial charge in [0.15, 0.2) is 5.96 Å². The second-order valence-corrected chi connectivity index (χ2v) is 6.41. The summed E-state index contributed by atoms with van der Waals surface area (Å²) in [7, 11) is 0. The first-order valence-corrected chi connectivity index (χ1v) is 8.24. The first-order valence-electron chi connectivity index (χ1n) is 8.24. The van der Waals surface area contributed by atoms with Gasteiger partial charge < -0.3 is 15.0 Å². The SMILES string of the molecule is CCNC(=NCc1ncccc1C)N1CCC2(CCOC2)C1. The summed E-state index contributed by atoms with van der Waals surface area (Å²) in [6.07, 6.45) is 4.23. The zero-order chi connectivity index (χ0) is 15.4. The van der Waals surface area contributed by atoms with Crippen molar-refractivity contribution in [2.45, 2.75) is 33.2 Å². The highest BCUT2D eigenvalue weighted by Gasteiger charge is 2.42. The molecule has 2 aliphatic heterocycles. The molecule has 0 aliphatic carbocycles. The van der Waals surface area contributed by atoms with Crippen LogP contribution in [0, 0.1) is 12.3 Å². The van der Waals surface area contributed by atoms with Crippen molar-refractivity contribution >= 4 is 5.96 Å². The molecule has 1 aromatic heterocycles. The summed E-state index contributed by atoms with van der Waals surface area (Å²) >= 11 is 0. The average molecular weight is 302 g/mol. The molecule has 2 fully saturated rings. The smallest absolute Gasteiger partial charge is 0.194 e. The lowest BCUT2D eigenvalue weighted by atomic mass is 9.87. The minimum Gasteiger partial charge on any atom is -0.381 e. The summed E-state index contributed by atoms with van der Waals surface area (Å²) in [4.78, 5) is 11.6. The number of aryl methyl sites for hydroxylation is 1. The van der Waals surface area contributed by atoms with Crippen molar-refractivity contribution in [1.29, 1.82) is 0 Å². The largest absolute Gasteiger partial charge is 0.381 e. The second kappa shape index (κ2) is 6.65. The number of nitrogens with zero attached hydrogens (tertiary/aromatic N) is 3. The maximum absolute atomic E-state index is 5.62. The lowest BCUT2D eigenvalue weighted by Gasteiger charge is -2.25. The van der Waals surface area contributed by atoms with E-state index in [0.29, 0.717) is 12.0 Å². The van der Waals surface area contributed by atoms with Crippen LogP contribution in [0.15, 0.2) is 23.3 Å². The Bertz CT molecular complexity index is 537. The van der Waals surface area contributed by atoms with Gasteiger partial charge >= 0.3 is 0 Å². The van der Waals surface area contributed by atoms with E-state index >= 15 is 0 Å². The molecule has 22 heavy (non-hydrogen) atoms.